The first-order valence-electron chi connectivity index (χ1n) is 11.8. The van der Waals surface area contributed by atoms with E-state index in [4.69, 9.17) is 8.83 Å². The van der Waals surface area contributed by atoms with Crippen molar-refractivity contribution < 1.29 is 18.7 Å². The molecule has 2 heterocycles. The van der Waals surface area contributed by atoms with Crippen molar-refractivity contribution >= 4 is 28.2 Å². The molecule has 0 saturated heterocycles. The van der Waals surface area contributed by atoms with Gasteiger partial charge in [-0.05, 0) is 30.9 Å². The summed E-state index contributed by atoms with van der Waals surface area (Å²) in [7, 11) is 0. The van der Waals surface area contributed by atoms with E-state index in [0.29, 0.717) is 11.5 Å². The molecule has 1 aliphatic rings. The molecule has 168 valence electrons. The Morgan fingerprint density at radius 2 is 1.44 bits per heavy atom. The number of carbonyl (C=O) groups is 1. The normalized spacial score (nSPS) is 15.5. The third-order valence-corrected chi connectivity index (χ3v) is 6.57. The van der Waals surface area contributed by atoms with Crippen molar-refractivity contribution in [3.8, 4) is 0 Å². The third-order valence-electron chi connectivity index (χ3n) is 6.57. The summed E-state index contributed by atoms with van der Waals surface area (Å²) in [6, 6.07) is 15.7. The maximum absolute atomic E-state index is 10.8. The zero-order valence-electron chi connectivity index (χ0n) is 19.0. The molecule has 1 aliphatic carbocycles. The van der Waals surface area contributed by atoms with Crippen molar-refractivity contribution in [1.29, 1.82) is 0 Å². The molecule has 0 bridgehead atoms. The van der Waals surface area contributed by atoms with Gasteiger partial charge in [0.15, 0.2) is 6.29 Å². The molecule has 0 spiro atoms. The molecule has 2 aromatic carbocycles. The topological polar surface area (TPSA) is 63.6 Å². The van der Waals surface area contributed by atoms with Crippen LogP contribution < -0.4 is 0 Å². The Hall–Kier alpha value is -2.85. The van der Waals surface area contributed by atoms with E-state index in [1.54, 1.807) is 0 Å². The molecule has 1 N–H and O–H groups in total. The molecule has 4 aromatic rings. The van der Waals surface area contributed by atoms with Gasteiger partial charge in [0, 0.05) is 29.2 Å². The molecule has 4 heteroatoms. The van der Waals surface area contributed by atoms with Crippen LogP contribution in [0.25, 0.3) is 21.9 Å². The summed E-state index contributed by atoms with van der Waals surface area (Å²) < 4.78 is 11.4. The number of aryl methyl sites for hydroxylation is 2. The van der Waals surface area contributed by atoms with Gasteiger partial charge in [0.1, 0.15) is 22.7 Å². The highest BCUT2D eigenvalue weighted by molar-refractivity contribution is 5.97. The van der Waals surface area contributed by atoms with Gasteiger partial charge < -0.3 is 13.9 Å². The number of para-hydroxylation sites is 2. The van der Waals surface area contributed by atoms with E-state index in [1.807, 2.05) is 49.4 Å². The summed E-state index contributed by atoms with van der Waals surface area (Å²) in [5.74, 6) is 2.13. The minimum absolute atomic E-state index is 0.362. The zero-order chi connectivity index (χ0) is 22.5. The lowest BCUT2D eigenvalue weighted by Gasteiger charge is -2.26. The molecule has 1 atom stereocenters. The van der Waals surface area contributed by atoms with Crippen molar-refractivity contribution in [3.63, 3.8) is 0 Å². The molecule has 1 unspecified atom stereocenters. The summed E-state index contributed by atoms with van der Waals surface area (Å²) in [5.41, 5.74) is 3.44. The van der Waals surface area contributed by atoms with Gasteiger partial charge in [-0.15, -0.1) is 0 Å². The number of aldehydes is 1. The first-order chi connectivity index (χ1) is 15.7. The number of aliphatic hydroxyl groups excluding tert-OH is 1. The summed E-state index contributed by atoms with van der Waals surface area (Å²) in [6.07, 6.45) is 8.20. The van der Waals surface area contributed by atoms with Crippen molar-refractivity contribution in [2.45, 2.75) is 64.9 Å². The summed E-state index contributed by atoms with van der Waals surface area (Å²) in [4.78, 5) is 10.8. The molecule has 2 aromatic heterocycles. The van der Waals surface area contributed by atoms with Crippen LogP contribution in [0.4, 0.5) is 0 Å². The highest BCUT2D eigenvalue weighted by Gasteiger charge is 2.28. The lowest BCUT2D eigenvalue weighted by Crippen LogP contribution is -2.16. The van der Waals surface area contributed by atoms with Crippen LogP contribution in [0.2, 0.25) is 0 Å². The minimum atomic E-state index is -0.362. The maximum atomic E-state index is 10.8. The van der Waals surface area contributed by atoms with Crippen LogP contribution in [-0.4, -0.2) is 11.4 Å². The molecule has 0 amide bonds. The van der Waals surface area contributed by atoms with Crippen LogP contribution in [-0.2, 0) is 12.8 Å². The number of hydrogen-bond donors (Lipinski definition) is 1. The standard InChI is InChI=1S/C17H22O2.C11H10O2/c1-2-14-16(13-10-6-7-11-15(13)19-14)17(18)12-8-4-3-5-9-12;1-2-10-9(7-12)8-5-3-4-6-11(8)13-10/h6-7,10-12,17-18H,2-5,8-9H2,1H3;3-7H,2H2,1H3. The number of fused-ring (bicyclic) bond motifs is 2. The van der Waals surface area contributed by atoms with Crippen LogP contribution in [0.15, 0.2) is 57.4 Å². The molecular formula is C28H32O4. The second-order valence-corrected chi connectivity index (χ2v) is 8.54. The summed E-state index contributed by atoms with van der Waals surface area (Å²) in [5, 5.41) is 12.8. The number of benzene rings is 2. The monoisotopic (exact) mass is 432 g/mol. The van der Waals surface area contributed by atoms with Crippen molar-refractivity contribution in [2.75, 3.05) is 0 Å². The smallest absolute Gasteiger partial charge is 0.154 e. The van der Waals surface area contributed by atoms with E-state index in [-0.39, 0.29) is 6.10 Å². The number of rotatable bonds is 5. The Morgan fingerprint density at radius 1 is 0.875 bits per heavy atom. The second kappa shape index (κ2) is 10.2. The average Bonchev–Trinajstić information content (AvgIpc) is 3.42. The predicted octanol–water partition coefficient (Wildman–Crippen LogP) is 7.42. The number of hydrogen-bond acceptors (Lipinski definition) is 4. The SMILES string of the molecule is CCc1oc2ccccc2c1C(O)C1CCCCC1.CCc1oc2ccccc2c1C=O. The Bertz CT molecular complexity index is 1180. The van der Waals surface area contributed by atoms with Gasteiger partial charge in [-0.25, -0.2) is 0 Å². The van der Waals surface area contributed by atoms with E-state index >= 15 is 0 Å². The fourth-order valence-corrected chi connectivity index (χ4v) is 4.90. The predicted molar refractivity (Wildman–Crippen MR) is 128 cm³/mol. The van der Waals surface area contributed by atoms with E-state index in [2.05, 4.69) is 13.0 Å². The molecule has 5 rings (SSSR count). The highest BCUT2D eigenvalue weighted by atomic mass is 16.3. The van der Waals surface area contributed by atoms with Crippen molar-refractivity contribution in [3.05, 3.63) is 71.2 Å². The van der Waals surface area contributed by atoms with E-state index in [9.17, 15) is 9.90 Å². The largest absolute Gasteiger partial charge is 0.461 e. The van der Waals surface area contributed by atoms with Gasteiger partial charge in [0.25, 0.3) is 0 Å². The van der Waals surface area contributed by atoms with Gasteiger partial charge >= 0.3 is 0 Å². The Kier molecular flexibility index (Phi) is 7.11. The van der Waals surface area contributed by atoms with E-state index < -0.39 is 0 Å². The van der Waals surface area contributed by atoms with Gasteiger partial charge in [-0.3, -0.25) is 4.79 Å². The molecule has 32 heavy (non-hydrogen) atoms. The van der Waals surface area contributed by atoms with Crippen molar-refractivity contribution in [2.24, 2.45) is 5.92 Å². The van der Waals surface area contributed by atoms with Crippen LogP contribution in [0.3, 0.4) is 0 Å². The Morgan fingerprint density at radius 3 is 2.06 bits per heavy atom. The lowest BCUT2D eigenvalue weighted by atomic mass is 9.82. The van der Waals surface area contributed by atoms with Crippen LogP contribution >= 0.6 is 0 Å². The fraction of sp³-hybridized carbons (Fsp3) is 0.393. The average molecular weight is 433 g/mol. The number of furan rings is 2. The Labute approximate surface area is 189 Å². The Balaban J connectivity index is 0.000000165. The summed E-state index contributed by atoms with van der Waals surface area (Å²) >= 11 is 0. The number of carbonyl (C=O) groups excluding carboxylic acids is 1. The molecule has 0 radical (unpaired) electrons. The summed E-state index contributed by atoms with van der Waals surface area (Å²) in [6.45, 7) is 4.07. The second-order valence-electron chi connectivity index (χ2n) is 8.54. The van der Waals surface area contributed by atoms with Crippen molar-refractivity contribution in [1.82, 2.24) is 0 Å². The maximum Gasteiger partial charge on any atom is 0.154 e. The van der Waals surface area contributed by atoms with Gasteiger partial charge in [0.2, 0.25) is 0 Å². The first kappa shape index (κ1) is 22.3. The number of aliphatic hydroxyl groups is 1. The molecule has 1 saturated carbocycles. The zero-order valence-corrected chi connectivity index (χ0v) is 19.0. The third kappa shape index (κ3) is 4.37. The van der Waals surface area contributed by atoms with Crippen LogP contribution in [0.1, 0.15) is 79.5 Å². The van der Waals surface area contributed by atoms with E-state index in [1.165, 1.54) is 19.3 Å². The molecule has 1 fully saturated rings. The van der Waals surface area contributed by atoms with E-state index in [0.717, 1.165) is 71.0 Å². The lowest BCUT2D eigenvalue weighted by molar-refractivity contribution is 0.0843. The molecule has 0 aliphatic heterocycles. The highest BCUT2D eigenvalue weighted by Crippen LogP contribution is 2.40. The minimum Gasteiger partial charge on any atom is -0.461 e. The van der Waals surface area contributed by atoms with Gasteiger partial charge in [-0.2, -0.15) is 0 Å². The van der Waals surface area contributed by atoms with Gasteiger partial charge in [0.05, 0.1) is 11.7 Å². The quantitative estimate of drug-likeness (QED) is 0.333. The molecule has 4 nitrogen and oxygen atoms in total. The first-order valence-corrected chi connectivity index (χ1v) is 11.8. The van der Waals surface area contributed by atoms with Gasteiger partial charge in [-0.1, -0.05) is 69.5 Å². The fourth-order valence-electron chi connectivity index (χ4n) is 4.90. The van der Waals surface area contributed by atoms with Crippen LogP contribution in [0, 0.1) is 5.92 Å². The molecular weight excluding hydrogens is 400 g/mol. The van der Waals surface area contributed by atoms with Crippen LogP contribution in [0.5, 0.6) is 0 Å².